The molecule has 2 rings (SSSR count). The molecule has 0 aromatic carbocycles. The third-order valence-electron chi connectivity index (χ3n) is 3.91. The summed E-state index contributed by atoms with van der Waals surface area (Å²) in [4.78, 5) is 0.902. The Balaban J connectivity index is 2.53. The molecule has 0 bridgehead atoms. The lowest BCUT2D eigenvalue weighted by atomic mass is 10.2. The topological polar surface area (TPSA) is 0 Å². The molecule has 0 atom stereocenters. The van der Waals surface area contributed by atoms with Gasteiger partial charge in [0, 0.05) is 0 Å². The fourth-order valence-electron chi connectivity index (χ4n) is 2.34. The van der Waals surface area contributed by atoms with E-state index in [0.717, 1.165) is 11.1 Å². The second kappa shape index (κ2) is 6.63. The highest BCUT2D eigenvalue weighted by Gasteiger charge is 2.26. The summed E-state index contributed by atoms with van der Waals surface area (Å²) in [6.45, 7) is 17.1. The van der Waals surface area contributed by atoms with Crippen molar-refractivity contribution in [3.05, 3.63) is 33.0 Å². The van der Waals surface area contributed by atoms with E-state index in [1.165, 1.54) is 31.7 Å². The molecule has 24 heavy (non-hydrogen) atoms. The first kappa shape index (κ1) is 19.8. The predicted octanol–water partition coefficient (Wildman–Crippen LogP) is 6.28. The molecule has 0 nitrogen and oxygen atoms in total. The van der Waals surface area contributed by atoms with Crippen molar-refractivity contribution in [2.45, 2.75) is 53.1 Å². The zero-order valence-corrected chi connectivity index (χ0v) is 19.4. The Hall–Kier alpha value is -0.566. The normalized spacial score (nSPS) is 14.1. The van der Waals surface area contributed by atoms with E-state index in [4.69, 9.17) is 0 Å². The molecule has 0 amide bonds. The molecular weight excluding hydrogens is 375 g/mol. The van der Waals surface area contributed by atoms with Crippen LogP contribution >= 0.6 is 22.7 Å². The van der Waals surface area contributed by atoms with Gasteiger partial charge in [0.2, 0.25) is 0 Å². The molecule has 2 aromatic heterocycles. The van der Waals surface area contributed by atoms with Gasteiger partial charge in [-0.3, -0.25) is 0 Å². The van der Waals surface area contributed by atoms with Crippen molar-refractivity contribution in [3.63, 3.8) is 0 Å². The van der Waals surface area contributed by atoms with Crippen molar-refractivity contribution in [3.8, 4) is 0 Å². The maximum Gasteiger partial charge on any atom is 0.177 e. The van der Waals surface area contributed by atoms with Gasteiger partial charge >= 0.3 is 0 Å². The second-order valence-electron chi connectivity index (χ2n) is 8.37. The summed E-state index contributed by atoms with van der Waals surface area (Å²) < 4.78 is 32.2. The van der Waals surface area contributed by atoms with Gasteiger partial charge in [0.15, 0.2) is 11.7 Å². The summed E-state index contributed by atoms with van der Waals surface area (Å²) in [5.74, 6) is -1.40. The van der Waals surface area contributed by atoms with Gasteiger partial charge in [0.05, 0.1) is 25.9 Å². The molecule has 6 heteroatoms. The van der Waals surface area contributed by atoms with E-state index in [-0.39, 0.29) is 0 Å². The molecule has 0 fully saturated rings. The van der Waals surface area contributed by atoms with Gasteiger partial charge in [-0.25, -0.2) is 8.78 Å². The third-order valence-corrected chi connectivity index (χ3v) is 13.5. The first-order chi connectivity index (χ1) is 10.8. The molecule has 0 spiro atoms. The van der Waals surface area contributed by atoms with E-state index in [9.17, 15) is 8.78 Å². The van der Waals surface area contributed by atoms with Gasteiger partial charge in [-0.05, 0) is 46.1 Å². The lowest BCUT2D eigenvalue weighted by Crippen LogP contribution is -2.34. The van der Waals surface area contributed by atoms with E-state index in [1.807, 2.05) is 26.0 Å². The molecule has 2 aromatic rings. The first-order valence-corrected chi connectivity index (χ1v) is 16.7. The zero-order valence-electron chi connectivity index (χ0n) is 15.7. The minimum atomic E-state index is -1.52. The lowest BCUT2D eigenvalue weighted by molar-refractivity contribution is 0.703. The molecule has 0 N–H and O–H groups in total. The van der Waals surface area contributed by atoms with Crippen molar-refractivity contribution in [2.75, 3.05) is 0 Å². The fourth-order valence-corrected chi connectivity index (χ4v) is 8.41. The van der Waals surface area contributed by atoms with Crippen molar-refractivity contribution in [1.82, 2.24) is 0 Å². The van der Waals surface area contributed by atoms with E-state index >= 15 is 0 Å². The monoisotopic (exact) mass is 400 g/mol. The second-order valence-corrected chi connectivity index (χ2v) is 21.3. The molecule has 0 unspecified atom stereocenters. The highest BCUT2D eigenvalue weighted by molar-refractivity contribution is 7.28. The Labute approximate surface area is 154 Å². The summed E-state index contributed by atoms with van der Waals surface area (Å²) in [6, 6.07) is 4.07. The van der Waals surface area contributed by atoms with E-state index in [1.54, 1.807) is 0 Å². The summed E-state index contributed by atoms with van der Waals surface area (Å²) >= 11 is 2.84. The van der Waals surface area contributed by atoms with Crippen LogP contribution in [-0.4, -0.2) is 16.1 Å². The number of thiophene rings is 2. The van der Waals surface area contributed by atoms with Crippen LogP contribution in [0.25, 0.3) is 11.7 Å². The van der Waals surface area contributed by atoms with Crippen molar-refractivity contribution in [2.24, 2.45) is 0 Å². The van der Waals surface area contributed by atoms with Crippen LogP contribution in [-0.2, 0) is 0 Å². The minimum Gasteiger partial charge on any atom is -0.202 e. The third kappa shape index (κ3) is 3.98. The molecule has 0 radical (unpaired) electrons. The molecule has 0 aliphatic heterocycles. The van der Waals surface area contributed by atoms with Crippen LogP contribution in [0.3, 0.4) is 0 Å². The van der Waals surface area contributed by atoms with Gasteiger partial charge in [-0.15, -0.1) is 22.7 Å². The summed E-state index contributed by atoms with van der Waals surface area (Å²) in [7, 11) is -3.04. The molecule has 0 aliphatic rings. The van der Waals surface area contributed by atoms with Crippen molar-refractivity contribution < 1.29 is 8.78 Å². The Morgan fingerprint density at radius 1 is 0.708 bits per heavy atom. The van der Waals surface area contributed by atoms with Crippen LogP contribution < -0.4 is 9.00 Å². The Morgan fingerprint density at radius 2 is 1.00 bits per heavy atom. The average molecular weight is 401 g/mol. The number of halogens is 2. The predicted molar refractivity (Wildman–Crippen MR) is 113 cm³/mol. The summed E-state index contributed by atoms with van der Waals surface area (Å²) in [5, 5.41) is 0. The van der Waals surface area contributed by atoms with Crippen LogP contribution in [0.15, 0.2) is 12.1 Å². The van der Waals surface area contributed by atoms with Gasteiger partial charge in [-0.2, -0.15) is 0 Å². The van der Waals surface area contributed by atoms with E-state index in [2.05, 4.69) is 39.3 Å². The Morgan fingerprint density at radius 3 is 1.21 bits per heavy atom. The number of aryl methyl sites for hydroxylation is 2. The lowest BCUT2D eigenvalue weighted by Gasteiger charge is -2.12. The number of hydrogen-bond acceptors (Lipinski definition) is 2. The SMILES string of the molecule is Cc1cc([Si](C)(C)C)sc1/C(F)=C(\F)c1sc([Si](C)(C)C)cc1C. The molecular formula is C18H26F2S2Si2. The molecule has 132 valence electrons. The molecule has 0 saturated heterocycles. The highest BCUT2D eigenvalue weighted by atomic mass is 32.1. The van der Waals surface area contributed by atoms with Crippen LogP contribution in [0.4, 0.5) is 8.78 Å². The van der Waals surface area contributed by atoms with Crippen molar-refractivity contribution in [1.29, 1.82) is 0 Å². The van der Waals surface area contributed by atoms with Gasteiger partial charge in [0.25, 0.3) is 0 Å². The van der Waals surface area contributed by atoms with Gasteiger partial charge < -0.3 is 0 Å². The van der Waals surface area contributed by atoms with E-state index < -0.39 is 27.8 Å². The fraction of sp³-hybridized carbons (Fsp3) is 0.444. The highest BCUT2D eigenvalue weighted by Crippen LogP contribution is 2.37. The average Bonchev–Trinajstić information content (AvgIpc) is 2.99. The van der Waals surface area contributed by atoms with Gasteiger partial charge in [0.1, 0.15) is 0 Å². The van der Waals surface area contributed by atoms with Crippen LogP contribution in [0.5, 0.6) is 0 Å². The standard InChI is InChI=1S/C18H26F2S2Si2/c1-11-9-13(23(3,4)5)21-17(11)15(19)16(20)18-12(2)10-14(22-18)24(6,7)8/h9-10H,1-8H3/b16-15+. The maximum atomic E-state index is 14.9. The smallest absolute Gasteiger partial charge is 0.177 e. The van der Waals surface area contributed by atoms with Crippen LogP contribution in [0, 0.1) is 13.8 Å². The first-order valence-electron chi connectivity index (χ1n) is 8.10. The molecule has 0 aliphatic carbocycles. The quantitative estimate of drug-likeness (QED) is 0.530. The van der Waals surface area contributed by atoms with E-state index in [0.29, 0.717) is 9.75 Å². The molecule has 2 heterocycles. The Kier molecular flexibility index (Phi) is 5.46. The van der Waals surface area contributed by atoms with Crippen molar-refractivity contribution >= 4 is 59.5 Å². The van der Waals surface area contributed by atoms with Crippen LogP contribution in [0.2, 0.25) is 39.3 Å². The van der Waals surface area contributed by atoms with Gasteiger partial charge in [-0.1, -0.05) is 39.3 Å². The summed E-state index contributed by atoms with van der Waals surface area (Å²) in [6.07, 6.45) is 0. The molecule has 0 saturated carbocycles. The zero-order chi connectivity index (χ0) is 18.4. The summed E-state index contributed by atoms with van der Waals surface area (Å²) in [5.41, 5.74) is 1.68. The maximum absolute atomic E-state index is 14.9. The number of rotatable bonds is 4. The largest absolute Gasteiger partial charge is 0.202 e. The minimum absolute atomic E-state index is 0.451. The Bertz CT molecular complexity index is 721. The van der Waals surface area contributed by atoms with Crippen LogP contribution in [0.1, 0.15) is 20.9 Å². The number of hydrogen-bond donors (Lipinski definition) is 0.